The minimum atomic E-state index is -0.0993. The van der Waals surface area contributed by atoms with Crippen molar-refractivity contribution in [1.29, 1.82) is 0 Å². The van der Waals surface area contributed by atoms with Crippen LogP contribution in [-0.4, -0.2) is 24.5 Å². The van der Waals surface area contributed by atoms with Crippen molar-refractivity contribution in [3.63, 3.8) is 0 Å². The summed E-state index contributed by atoms with van der Waals surface area (Å²) in [4.78, 5) is 25.4. The van der Waals surface area contributed by atoms with Gasteiger partial charge in [-0.3, -0.25) is 9.59 Å². The summed E-state index contributed by atoms with van der Waals surface area (Å²) in [6.07, 6.45) is 1.11. The number of para-hydroxylation sites is 2. The quantitative estimate of drug-likeness (QED) is 0.810. The SMILES string of the molecule is CCO[C@@H]1C[C@H]1C(=O)Nc1ccccc1NC(=O)Cc1cccs1. The Kier molecular flexibility index (Phi) is 5.27. The molecule has 0 bridgehead atoms. The second-order valence-electron chi connectivity index (χ2n) is 5.68. The van der Waals surface area contributed by atoms with E-state index < -0.39 is 0 Å². The lowest BCUT2D eigenvalue weighted by Gasteiger charge is -2.12. The molecule has 1 fully saturated rings. The van der Waals surface area contributed by atoms with Crippen LogP contribution in [0.1, 0.15) is 18.2 Å². The minimum Gasteiger partial charge on any atom is -0.378 e. The van der Waals surface area contributed by atoms with Gasteiger partial charge in [-0.05, 0) is 36.9 Å². The second-order valence-corrected chi connectivity index (χ2v) is 6.71. The van der Waals surface area contributed by atoms with Gasteiger partial charge in [0.15, 0.2) is 0 Å². The zero-order valence-corrected chi connectivity index (χ0v) is 14.3. The number of rotatable bonds is 7. The van der Waals surface area contributed by atoms with E-state index >= 15 is 0 Å². The van der Waals surface area contributed by atoms with Gasteiger partial charge in [0.2, 0.25) is 11.8 Å². The molecule has 1 saturated carbocycles. The highest BCUT2D eigenvalue weighted by atomic mass is 32.1. The molecule has 1 aliphatic rings. The maximum absolute atomic E-state index is 12.3. The first-order chi connectivity index (χ1) is 11.7. The van der Waals surface area contributed by atoms with E-state index in [1.54, 1.807) is 23.5 Å². The van der Waals surface area contributed by atoms with Gasteiger partial charge in [-0.25, -0.2) is 0 Å². The van der Waals surface area contributed by atoms with Crippen LogP contribution < -0.4 is 10.6 Å². The number of carbonyl (C=O) groups is 2. The van der Waals surface area contributed by atoms with Gasteiger partial charge < -0.3 is 15.4 Å². The first-order valence-corrected chi connectivity index (χ1v) is 8.89. The molecule has 0 saturated heterocycles. The van der Waals surface area contributed by atoms with Gasteiger partial charge in [0.1, 0.15) is 0 Å². The summed E-state index contributed by atoms with van der Waals surface area (Å²) < 4.78 is 5.45. The fourth-order valence-corrected chi connectivity index (χ4v) is 3.24. The smallest absolute Gasteiger partial charge is 0.230 e. The number of anilines is 2. The van der Waals surface area contributed by atoms with Crippen molar-refractivity contribution in [2.45, 2.75) is 25.9 Å². The predicted molar refractivity (Wildman–Crippen MR) is 95.2 cm³/mol. The average molecular weight is 344 g/mol. The van der Waals surface area contributed by atoms with Gasteiger partial charge in [0, 0.05) is 11.5 Å². The number of amides is 2. The molecule has 0 unspecified atom stereocenters. The Morgan fingerprint density at radius 3 is 2.58 bits per heavy atom. The van der Waals surface area contributed by atoms with Crippen molar-refractivity contribution in [3.05, 3.63) is 46.7 Å². The minimum absolute atomic E-state index is 0.0237. The molecule has 3 rings (SSSR count). The number of ether oxygens (including phenoxy) is 1. The number of carbonyl (C=O) groups excluding carboxylic acids is 2. The fourth-order valence-electron chi connectivity index (χ4n) is 2.54. The van der Waals surface area contributed by atoms with Gasteiger partial charge in [0.25, 0.3) is 0 Å². The third-order valence-corrected chi connectivity index (χ3v) is 4.70. The molecule has 1 aromatic heterocycles. The summed E-state index contributed by atoms with van der Waals surface area (Å²) in [6.45, 7) is 2.54. The lowest BCUT2D eigenvalue weighted by Crippen LogP contribution is -2.19. The van der Waals surface area contributed by atoms with Crippen molar-refractivity contribution in [3.8, 4) is 0 Å². The lowest BCUT2D eigenvalue weighted by atomic mass is 10.2. The number of nitrogens with one attached hydrogen (secondary N) is 2. The number of thiophene rings is 1. The van der Waals surface area contributed by atoms with Crippen LogP contribution in [0.2, 0.25) is 0 Å². The van der Waals surface area contributed by atoms with E-state index in [9.17, 15) is 9.59 Å². The highest BCUT2D eigenvalue weighted by Gasteiger charge is 2.44. The molecule has 6 heteroatoms. The molecule has 1 aliphatic carbocycles. The molecule has 2 atom stereocenters. The zero-order valence-electron chi connectivity index (χ0n) is 13.5. The second kappa shape index (κ2) is 7.59. The number of benzene rings is 1. The van der Waals surface area contributed by atoms with E-state index in [2.05, 4.69) is 10.6 Å². The highest BCUT2D eigenvalue weighted by Crippen LogP contribution is 2.35. The topological polar surface area (TPSA) is 67.4 Å². The van der Waals surface area contributed by atoms with Crippen molar-refractivity contribution in [2.75, 3.05) is 17.2 Å². The molecule has 2 aromatic rings. The molecule has 0 aliphatic heterocycles. The Hall–Kier alpha value is -2.18. The van der Waals surface area contributed by atoms with Crippen molar-refractivity contribution in [2.24, 2.45) is 5.92 Å². The van der Waals surface area contributed by atoms with Gasteiger partial charge in [-0.2, -0.15) is 0 Å². The predicted octanol–water partition coefficient (Wildman–Crippen LogP) is 3.29. The first kappa shape index (κ1) is 16.7. The summed E-state index contributed by atoms with van der Waals surface area (Å²) >= 11 is 1.55. The largest absolute Gasteiger partial charge is 0.378 e. The summed E-state index contributed by atoms with van der Waals surface area (Å²) in [5.74, 6) is -0.258. The summed E-state index contributed by atoms with van der Waals surface area (Å²) in [7, 11) is 0. The Morgan fingerprint density at radius 1 is 1.17 bits per heavy atom. The van der Waals surface area contributed by atoms with E-state index in [1.165, 1.54) is 0 Å². The average Bonchev–Trinajstić information content (AvgIpc) is 3.15. The molecule has 2 amide bonds. The van der Waals surface area contributed by atoms with Crippen molar-refractivity contribution < 1.29 is 14.3 Å². The normalized spacial score (nSPS) is 18.9. The summed E-state index contributed by atoms with van der Waals surface area (Å²) in [5.41, 5.74) is 1.23. The molecular weight excluding hydrogens is 324 g/mol. The van der Waals surface area contributed by atoms with Crippen LogP contribution >= 0.6 is 11.3 Å². The van der Waals surface area contributed by atoms with E-state index in [-0.39, 0.29) is 23.8 Å². The van der Waals surface area contributed by atoms with Crippen LogP contribution in [0.3, 0.4) is 0 Å². The Morgan fingerprint density at radius 2 is 1.92 bits per heavy atom. The van der Waals surface area contributed by atoms with Gasteiger partial charge in [-0.15, -0.1) is 11.3 Å². The van der Waals surface area contributed by atoms with E-state index in [0.717, 1.165) is 11.3 Å². The lowest BCUT2D eigenvalue weighted by molar-refractivity contribution is -0.118. The van der Waals surface area contributed by atoms with Crippen LogP contribution in [0.4, 0.5) is 11.4 Å². The van der Waals surface area contributed by atoms with Crippen LogP contribution in [0.25, 0.3) is 0 Å². The number of hydrogen-bond acceptors (Lipinski definition) is 4. The zero-order chi connectivity index (χ0) is 16.9. The highest BCUT2D eigenvalue weighted by molar-refractivity contribution is 7.10. The van der Waals surface area contributed by atoms with E-state index in [4.69, 9.17) is 4.74 Å². The fraction of sp³-hybridized carbons (Fsp3) is 0.333. The van der Waals surface area contributed by atoms with Gasteiger partial charge in [-0.1, -0.05) is 18.2 Å². The van der Waals surface area contributed by atoms with Crippen molar-refractivity contribution >= 4 is 34.5 Å². The molecule has 5 nitrogen and oxygen atoms in total. The molecule has 0 radical (unpaired) electrons. The standard InChI is InChI=1S/C18H20N2O3S/c1-2-23-16-11-13(16)18(22)20-15-8-4-3-7-14(15)19-17(21)10-12-6-5-9-24-12/h3-9,13,16H,2,10-11H2,1H3,(H,19,21)(H,20,22)/t13-,16-/m1/s1. The maximum atomic E-state index is 12.3. The molecule has 24 heavy (non-hydrogen) atoms. The third-order valence-electron chi connectivity index (χ3n) is 3.82. The van der Waals surface area contributed by atoms with Crippen LogP contribution in [0, 0.1) is 5.92 Å². The Balaban J connectivity index is 1.60. The Labute approximate surface area is 145 Å². The summed E-state index contributed by atoms with van der Waals surface area (Å²) in [5, 5.41) is 7.71. The summed E-state index contributed by atoms with van der Waals surface area (Å²) in [6, 6.07) is 11.1. The molecule has 2 N–H and O–H groups in total. The van der Waals surface area contributed by atoms with Crippen LogP contribution in [0.15, 0.2) is 41.8 Å². The van der Waals surface area contributed by atoms with Crippen molar-refractivity contribution in [1.82, 2.24) is 0 Å². The van der Waals surface area contributed by atoms with Gasteiger partial charge in [0.05, 0.1) is 29.8 Å². The maximum Gasteiger partial charge on any atom is 0.230 e. The molecule has 1 aromatic carbocycles. The third kappa shape index (κ3) is 4.21. The van der Waals surface area contributed by atoms with Crippen LogP contribution in [-0.2, 0) is 20.7 Å². The molecule has 0 spiro atoms. The van der Waals surface area contributed by atoms with Crippen LogP contribution in [0.5, 0.6) is 0 Å². The van der Waals surface area contributed by atoms with E-state index in [0.29, 0.717) is 24.4 Å². The first-order valence-electron chi connectivity index (χ1n) is 8.01. The van der Waals surface area contributed by atoms with Gasteiger partial charge >= 0.3 is 0 Å². The molecule has 1 heterocycles. The van der Waals surface area contributed by atoms with E-state index in [1.807, 2.05) is 36.6 Å². The Bertz CT molecular complexity index is 715. The molecular formula is C18H20N2O3S. The monoisotopic (exact) mass is 344 g/mol. The molecule has 126 valence electrons. The number of hydrogen-bond donors (Lipinski definition) is 2.